The van der Waals surface area contributed by atoms with Crippen molar-refractivity contribution in [2.75, 3.05) is 23.9 Å². The Hall–Kier alpha value is -0.880. The molecule has 1 aromatic heterocycles. The van der Waals surface area contributed by atoms with Crippen molar-refractivity contribution in [2.24, 2.45) is 5.73 Å². The van der Waals surface area contributed by atoms with E-state index in [1.165, 1.54) is 18.6 Å². The van der Waals surface area contributed by atoms with Crippen LogP contribution in [0.3, 0.4) is 0 Å². The SMILES string of the molecule is CSCCCCCNc1nc(C)cc(C(N)=S)n1. The molecule has 0 aliphatic rings. The van der Waals surface area contributed by atoms with Crippen molar-refractivity contribution in [3.63, 3.8) is 0 Å². The summed E-state index contributed by atoms with van der Waals surface area (Å²) < 4.78 is 0. The minimum Gasteiger partial charge on any atom is -0.388 e. The molecule has 0 aliphatic carbocycles. The number of anilines is 1. The fourth-order valence-electron chi connectivity index (χ4n) is 1.52. The zero-order valence-electron chi connectivity index (χ0n) is 10.9. The van der Waals surface area contributed by atoms with Crippen LogP contribution in [0.2, 0.25) is 0 Å². The summed E-state index contributed by atoms with van der Waals surface area (Å²) in [5.41, 5.74) is 7.07. The first-order valence-corrected chi connectivity index (χ1v) is 7.82. The van der Waals surface area contributed by atoms with E-state index in [9.17, 15) is 0 Å². The highest BCUT2D eigenvalue weighted by Crippen LogP contribution is 2.06. The lowest BCUT2D eigenvalue weighted by atomic mass is 10.2. The molecule has 4 nitrogen and oxygen atoms in total. The number of hydrogen-bond acceptors (Lipinski definition) is 5. The van der Waals surface area contributed by atoms with Gasteiger partial charge in [-0.1, -0.05) is 18.6 Å². The Balaban J connectivity index is 2.40. The number of aromatic nitrogens is 2. The van der Waals surface area contributed by atoms with Crippen LogP contribution in [0.15, 0.2) is 6.07 Å². The number of hydrogen-bond donors (Lipinski definition) is 2. The van der Waals surface area contributed by atoms with E-state index >= 15 is 0 Å². The standard InChI is InChI=1S/C12H20N4S2/c1-9-8-10(11(13)17)16-12(15-9)14-6-4-3-5-7-18-2/h8H,3-7H2,1-2H3,(H2,13,17)(H,14,15,16). The molecular weight excluding hydrogens is 264 g/mol. The smallest absolute Gasteiger partial charge is 0.223 e. The maximum Gasteiger partial charge on any atom is 0.223 e. The molecule has 0 amide bonds. The number of nitrogens with zero attached hydrogens (tertiary/aromatic N) is 2. The molecular formula is C12H20N4S2. The first-order chi connectivity index (χ1) is 8.63. The fraction of sp³-hybridized carbons (Fsp3) is 0.583. The first kappa shape index (κ1) is 15.2. The average molecular weight is 284 g/mol. The van der Waals surface area contributed by atoms with Gasteiger partial charge in [-0.25, -0.2) is 9.97 Å². The summed E-state index contributed by atoms with van der Waals surface area (Å²) in [6.45, 7) is 2.79. The van der Waals surface area contributed by atoms with E-state index in [2.05, 4.69) is 21.5 Å². The predicted octanol–water partition coefficient (Wildman–Crippen LogP) is 2.36. The van der Waals surface area contributed by atoms with Gasteiger partial charge in [0.1, 0.15) is 10.7 Å². The molecule has 0 unspecified atom stereocenters. The predicted molar refractivity (Wildman–Crippen MR) is 83.4 cm³/mol. The van der Waals surface area contributed by atoms with Gasteiger partial charge in [0.15, 0.2) is 0 Å². The minimum absolute atomic E-state index is 0.309. The van der Waals surface area contributed by atoms with Gasteiger partial charge < -0.3 is 11.1 Å². The van der Waals surface area contributed by atoms with Gasteiger partial charge in [0.2, 0.25) is 5.95 Å². The summed E-state index contributed by atoms with van der Waals surface area (Å²) in [6.07, 6.45) is 5.74. The van der Waals surface area contributed by atoms with Crippen molar-refractivity contribution in [3.05, 3.63) is 17.5 Å². The Morgan fingerprint density at radius 2 is 2.17 bits per heavy atom. The molecule has 0 aromatic carbocycles. The number of nitrogens with one attached hydrogen (secondary N) is 1. The maximum absolute atomic E-state index is 5.57. The van der Waals surface area contributed by atoms with Crippen molar-refractivity contribution in [2.45, 2.75) is 26.2 Å². The quantitative estimate of drug-likeness (QED) is 0.564. The van der Waals surface area contributed by atoms with Crippen molar-refractivity contribution in [3.8, 4) is 0 Å². The van der Waals surface area contributed by atoms with E-state index < -0.39 is 0 Å². The van der Waals surface area contributed by atoms with Crippen molar-refractivity contribution in [1.29, 1.82) is 0 Å². The third-order valence-corrected chi connectivity index (χ3v) is 3.32. The number of rotatable bonds is 8. The highest BCUT2D eigenvalue weighted by molar-refractivity contribution is 7.98. The normalized spacial score (nSPS) is 10.3. The molecule has 0 spiro atoms. The van der Waals surface area contributed by atoms with E-state index in [0.717, 1.165) is 18.7 Å². The number of thioether (sulfide) groups is 1. The second kappa shape index (κ2) is 8.26. The summed E-state index contributed by atoms with van der Waals surface area (Å²) >= 11 is 6.81. The highest BCUT2D eigenvalue weighted by atomic mass is 32.2. The van der Waals surface area contributed by atoms with Crippen LogP contribution in [-0.4, -0.2) is 33.5 Å². The van der Waals surface area contributed by atoms with E-state index in [1.807, 2.05) is 18.7 Å². The molecule has 1 heterocycles. The van der Waals surface area contributed by atoms with Crippen LogP contribution >= 0.6 is 24.0 Å². The van der Waals surface area contributed by atoms with Crippen LogP contribution in [0.1, 0.15) is 30.7 Å². The molecule has 0 saturated carbocycles. The van der Waals surface area contributed by atoms with Gasteiger partial charge in [-0.05, 0) is 37.8 Å². The highest BCUT2D eigenvalue weighted by Gasteiger charge is 2.03. The topological polar surface area (TPSA) is 63.8 Å². The van der Waals surface area contributed by atoms with Gasteiger partial charge in [0.25, 0.3) is 0 Å². The van der Waals surface area contributed by atoms with Crippen LogP contribution in [-0.2, 0) is 0 Å². The zero-order valence-corrected chi connectivity index (χ0v) is 12.5. The Bertz CT molecular complexity index is 396. The molecule has 0 fully saturated rings. The van der Waals surface area contributed by atoms with Crippen LogP contribution in [0.25, 0.3) is 0 Å². The molecule has 0 atom stereocenters. The minimum atomic E-state index is 0.309. The molecule has 1 aromatic rings. The first-order valence-electron chi connectivity index (χ1n) is 6.02. The van der Waals surface area contributed by atoms with Crippen molar-refractivity contribution < 1.29 is 0 Å². The van der Waals surface area contributed by atoms with Gasteiger partial charge in [-0.15, -0.1) is 0 Å². The average Bonchev–Trinajstić information content (AvgIpc) is 2.33. The third kappa shape index (κ3) is 5.64. The number of aryl methyl sites for hydroxylation is 1. The molecule has 0 radical (unpaired) electrons. The second-order valence-electron chi connectivity index (χ2n) is 4.06. The summed E-state index contributed by atoms with van der Waals surface area (Å²) in [6, 6.07) is 1.80. The lowest BCUT2D eigenvalue weighted by Crippen LogP contribution is -2.15. The number of unbranched alkanes of at least 4 members (excludes halogenated alkanes) is 2. The number of thiocarbonyl (C=S) groups is 1. The Morgan fingerprint density at radius 3 is 2.83 bits per heavy atom. The van der Waals surface area contributed by atoms with Crippen LogP contribution in [0.4, 0.5) is 5.95 Å². The van der Waals surface area contributed by atoms with Crippen LogP contribution in [0, 0.1) is 6.92 Å². The van der Waals surface area contributed by atoms with Crippen molar-refractivity contribution in [1.82, 2.24) is 9.97 Å². The molecule has 0 bridgehead atoms. The fourth-order valence-corrected chi connectivity index (χ4v) is 2.12. The van der Waals surface area contributed by atoms with Crippen LogP contribution < -0.4 is 11.1 Å². The molecule has 0 aliphatic heterocycles. The molecule has 1 rings (SSSR count). The summed E-state index contributed by atoms with van der Waals surface area (Å²) in [5, 5.41) is 3.21. The second-order valence-corrected chi connectivity index (χ2v) is 5.49. The van der Waals surface area contributed by atoms with Gasteiger partial charge in [0, 0.05) is 12.2 Å². The van der Waals surface area contributed by atoms with E-state index in [4.69, 9.17) is 18.0 Å². The van der Waals surface area contributed by atoms with Crippen LogP contribution in [0.5, 0.6) is 0 Å². The lowest BCUT2D eigenvalue weighted by molar-refractivity contribution is 0.746. The maximum atomic E-state index is 5.57. The van der Waals surface area contributed by atoms with Gasteiger partial charge in [-0.2, -0.15) is 11.8 Å². The molecule has 3 N–H and O–H groups in total. The summed E-state index contributed by atoms with van der Waals surface area (Å²) in [4.78, 5) is 8.89. The van der Waals surface area contributed by atoms with Gasteiger partial charge in [0.05, 0.1) is 0 Å². The Morgan fingerprint density at radius 1 is 1.39 bits per heavy atom. The Labute approximate surface area is 118 Å². The van der Waals surface area contributed by atoms with Crippen molar-refractivity contribution >= 4 is 34.9 Å². The van der Waals surface area contributed by atoms with E-state index in [-0.39, 0.29) is 0 Å². The summed E-state index contributed by atoms with van der Waals surface area (Å²) in [5.74, 6) is 1.84. The molecule has 18 heavy (non-hydrogen) atoms. The monoisotopic (exact) mass is 284 g/mol. The third-order valence-electron chi connectivity index (χ3n) is 2.42. The largest absolute Gasteiger partial charge is 0.388 e. The zero-order chi connectivity index (χ0) is 13.4. The van der Waals surface area contributed by atoms with E-state index in [0.29, 0.717) is 16.6 Å². The van der Waals surface area contributed by atoms with Gasteiger partial charge in [-0.3, -0.25) is 0 Å². The van der Waals surface area contributed by atoms with E-state index in [1.54, 1.807) is 6.07 Å². The Kier molecular flexibility index (Phi) is 6.97. The van der Waals surface area contributed by atoms with Gasteiger partial charge >= 0.3 is 0 Å². The molecule has 6 heteroatoms. The molecule has 100 valence electrons. The number of nitrogens with two attached hydrogens (primary N) is 1. The summed E-state index contributed by atoms with van der Waals surface area (Å²) in [7, 11) is 0. The molecule has 0 saturated heterocycles. The lowest BCUT2D eigenvalue weighted by Gasteiger charge is -2.07.